The van der Waals surface area contributed by atoms with Crippen LogP contribution < -0.4 is 0 Å². The number of rotatable bonds is 5. The van der Waals surface area contributed by atoms with Gasteiger partial charge in [0.25, 0.3) is 0 Å². The summed E-state index contributed by atoms with van der Waals surface area (Å²) in [7, 11) is 0. The number of hydrogen-bond donors (Lipinski definition) is 2. The molecule has 1 aromatic heterocycles. The molecule has 0 unspecified atom stereocenters. The van der Waals surface area contributed by atoms with Crippen molar-refractivity contribution in [2.75, 3.05) is 0 Å². The van der Waals surface area contributed by atoms with Crippen molar-refractivity contribution in [1.82, 2.24) is 4.98 Å². The molecule has 1 heterocycles. The van der Waals surface area contributed by atoms with Gasteiger partial charge in [-0.2, -0.15) is 0 Å². The molecule has 28 heavy (non-hydrogen) atoms. The lowest BCUT2D eigenvalue weighted by molar-refractivity contribution is 0.0716. The van der Waals surface area contributed by atoms with Gasteiger partial charge in [0.15, 0.2) is 5.78 Å². The predicted molar refractivity (Wildman–Crippen MR) is 108 cm³/mol. The van der Waals surface area contributed by atoms with E-state index in [1.54, 1.807) is 24.3 Å². The zero-order valence-electron chi connectivity index (χ0n) is 14.8. The number of carbonyl (C=O) groups excluding carboxylic acids is 1. The third kappa shape index (κ3) is 3.44. The van der Waals surface area contributed by atoms with E-state index in [1.807, 2.05) is 30.5 Å². The van der Waals surface area contributed by atoms with Gasteiger partial charge in [-0.15, -0.1) is 0 Å². The van der Waals surface area contributed by atoms with E-state index in [-0.39, 0.29) is 5.56 Å². The zero-order chi connectivity index (χ0) is 19.7. The molecule has 0 bridgehead atoms. The summed E-state index contributed by atoms with van der Waals surface area (Å²) in [5.41, 5.74) is 2.74. The third-order valence-electron chi connectivity index (χ3n) is 4.90. The molecule has 3 aromatic carbocycles. The maximum Gasteiger partial charge on any atom is 0.192 e. The fourth-order valence-corrected chi connectivity index (χ4v) is 3.62. The first kappa shape index (κ1) is 18.4. The Morgan fingerprint density at radius 2 is 1.64 bits per heavy atom. The number of para-hydroxylation sites is 1. The molecule has 0 saturated heterocycles. The highest BCUT2D eigenvalue weighted by Crippen LogP contribution is 2.35. The van der Waals surface area contributed by atoms with Crippen LogP contribution in [0.1, 0.15) is 27.4 Å². The second kappa shape index (κ2) is 7.58. The monoisotopic (exact) mass is 393 g/mol. The van der Waals surface area contributed by atoms with Crippen LogP contribution in [-0.4, -0.2) is 22.0 Å². The largest absolute Gasteiger partial charge is 0.384 e. The van der Waals surface area contributed by atoms with E-state index in [0.29, 0.717) is 5.02 Å². The van der Waals surface area contributed by atoms with Gasteiger partial charge in [0.2, 0.25) is 0 Å². The first-order valence-corrected chi connectivity index (χ1v) is 9.22. The molecule has 140 valence electrons. The van der Waals surface area contributed by atoms with Gasteiger partial charge in [0, 0.05) is 33.6 Å². The molecule has 4 rings (SSSR count). The maximum absolute atomic E-state index is 13.2. The molecule has 3 nitrogen and oxygen atoms in total. The Morgan fingerprint density at radius 1 is 0.964 bits per heavy atom. The van der Waals surface area contributed by atoms with Gasteiger partial charge in [0.1, 0.15) is 11.9 Å². The smallest absolute Gasteiger partial charge is 0.192 e. The number of H-pyrrole nitrogens is 1. The Labute approximate surface area is 166 Å². The average molecular weight is 394 g/mol. The van der Waals surface area contributed by atoms with E-state index < -0.39 is 23.6 Å². The van der Waals surface area contributed by atoms with Gasteiger partial charge in [-0.25, -0.2) is 4.39 Å². The molecule has 0 fully saturated rings. The molecule has 0 spiro atoms. The number of nitrogens with one attached hydrogen (secondary N) is 1. The number of aliphatic hydroxyl groups excluding tert-OH is 1. The van der Waals surface area contributed by atoms with Crippen molar-refractivity contribution < 1.29 is 14.3 Å². The summed E-state index contributed by atoms with van der Waals surface area (Å²) in [6, 6.07) is 20.0. The molecule has 2 atom stereocenters. The van der Waals surface area contributed by atoms with Crippen LogP contribution in [-0.2, 0) is 0 Å². The standard InChI is InChI=1S/C23H17ClFNO2/c24-16-9-5-14(6-10-16)21(19-13-26-20-4-2-1-3-18(19)20)23(28)22(27)15-7-11-17(25)12-8-15/h1-13,21,23,26,28H/t21-,23+/m0/s1. The summed E-state index contributed by atoms with van der Waals surface area (Å²) < 4.78 is 13.2. The molecule has 2 N–H and O–H groups in total. The van der Waals surface area contributed by atoms with Crippen LogP contribution in [0.2, 0.25) is 5.02 Å². The van der Waals surface area contributed by atoms with Crippen LogP contribution in [0.4, 0.5) is 4.39 Å². The summed E-state index contributed by atoms with van der Waals surface area (Å²) in [5.74, 6) is -1.51. The van der Waals surface area contributed by atoms with Crippen LogP contribution in [0.5, 0.6) is 0 Å². The molecule has 5 heteroatoms. The predicted octanol–water partition coefficient (Wildman–Crippen LogP) is 5.34. The average Bonchev–Trinajstić information content (AvgIpc) is 3.13. The fraction of sp³-hybridized carbons (Fsp3) is 0.0870. The number of benzene rings is 3. The molecule has 0 saturated carbocycles. The molecule has 0 aliphatic rings. The highest BCUT2D eigenvalue weighted by Gasteiger charge is 2.31. The maximum atomic E-state index is 13.2. The number of hydrogen-bond acceptors (Lipinski definition) is 2. The quantitative estimate of drug-likeness (QED) is 0.450. The topological polar surface area (TPSA) is 53.1 Å². The van der Waals surface area contributed by atoms with Crippen LogP contribution in [0.3, 0.4) is 0 Å². The lowest BCUT2D eigenvalue weighted by Crippen LogP contribution is -2.29. The molecular weight excluding hydrogens is 377 g/mol. The molecule has 0 aliphatic carbocycles. The first-order chi connectivity index (χ1) is 13.5. The first-order valence-electron chi connectivity index (χ1n) is 8.84. The summed E-state index contributed by atoms with van der Waals surface area (Å²) in [4.78, 5) is 16.2. The van der Waals surface area contributed by atoms with E-state index in [0.717, 1.165) is 22.0 Å². The van der Waals surface area contributed by atoms with Crippen molar-refractivity contribution in [3.63, 3.8) is 0 Å². The normalized spacial score (nSPS) is 13.4. The van der Waals surface area contributed by atoms with Gasteiger partial charge in [-0.1, -0.05) is 41.9 Å². The van der Waals surface area contributed by atoms with Crippen molar-refractivity contribution in [2.45, 2.75) is 12.0 Å². The van der Waals surface area contributed by atoms with Crippen LogP contribution in [0.15, 0.2) is 79.0 Å². The van der Waals surface area contributed by atoms with Gasteiger partial charge >= 0.3 is 0 Å². The van der Waals surface area contributed by atoms with E-state index >= 15 is 0 Å². The number of carbonyl (C=O) groups is 1. The Bertz CT molecular complexity index is 1120. The highest BCUT2D eigenvalue weighted by atomic mass is 35.5. The molecular formula is C23H17ClFNO2. The number of aliphatic hydroxyl groups is 1. The number of Topliss-reactive ketones (excluding diaryl/α,β-unsaturated/α-hetero) is 1. The van der Waals surface area contributed by atoms with E-state index in [2.05, 4.69) is 4.98 Å². The van der Waals surface area contributed by atoms with E-state index in [4.69, 9.17) is 11.6 Å². The zero-order valence-corrected chi connectivity index (χ0v) is 15.5. The minimum Gasteiger partial charge on any atom is -0.384 e. The summed E-state index contributed by atoms with van der Waals surface area (Å²) in [6.07, 6.45) is 0.469. The summed E-state index contributed by atoms with van der Waals surface area (Å²) in [6.45, 7) is 0. The number of halogens is 2. The van der Waals surface area contributed by atoms with Crippen molar-refractivity contribution in [1.29, 1.82) is 0 Å². The van der Waals surface area contributed by atoms with Crippen molar-refractivity contribution in [3.8, 4) is 0 Å². The van der Waals surface area contributed by atoms with Crippen molar-refractivity contribution in [2.24, 2.45) is 0 Å². The lowest BCUT2D eigenvalue weighted by Gasteiger charge is -2.23. The van der Waals surface area contributed by atoms with Gasteiger partial charge in [-0.3, -0.25) is 4.79 Å². The highest BCUT2D eigenvalue weighted by molar-refractivity contribution is 6.30. The van der Waals surface area contributed by atoms with Crippen molar-refractivity contribution in [3.05, 3.63) is 107 Å². The SMILES string of the molecule is O=C(c1ccc(F)cc1)[C@H](O)[C@@H](c1ccc(Cl)cc1)c1c[nH]c2ccccc12. The Morgan fingerprint density at radius 3 is 2.36 bits per heavy atom. The third-order valence-corrected chi connectivity index (χ3v) is 5.15. The van der Waals surface area contributed by atoms with E-state index in [9.17, 15) is 14.3 Å². The molecule has 0 aliphatic heterocycles. The fourth-order valence-electron chi connectivity index (χ4n) is 3.49. The second-order valence-corrected chi connectivity index (χ2v) is 7.07. The van der Waals surface area contributed by atoms with Gasteiger partial charge in [-0.05, 0) is 53.6 Å². The molecule has 0 radical (unpaired) electrons. The Balaban J connectivity index is 1.81. The van der Waals surface area contributed by atoms with Crippen LogP contribution in [0.25, 0.3) is 10.9 Å². The van der Waals surface area contributed by atoms with Crippen LogP contribution in [0, 0.1) is 5.82 Å². The molecule has 0 amide bonds. The second-order valence-electron chi connectivity index (χ2n) is 6.63. The summed E-state index contributed by atoms with van der Waals surface area (Å²) >= 11 is 6.02. The van der Waals surface area contributed by atoms with Crippen LogP contribution >= 0.6 is 11.6 Å². The van der Waals surface area contributed by atoms with Crippen molar-refractivity contribution >= 4 is 28.3 Å². The minimum atomic E-state index is -1.34. The Kier molecular flexibility index (Phi) is 4.99. The van der Waals surface area contributed by atoms with Gasteiger partial charge < -0.3 is 10.1 Å². The van der Waals surface area contributed by atoms with Gasteiger partial charge in [0.05, 0.1) is 0 Å². The minimum absolute atomic E-state index is 0.257. The number of aromatic amines is 1. The number of aromatic nitrogens is 1. The number of ketones is 1. The summed E-state index contributed by atoms with van der Waals surface area (Å²) in [5, 5.41) is 12.6. The Hall–Kier alpha value is -2.95. The number of fused-ring (bicyclic) bond motifs is 1. The molecule has 4 aromatic rings. The lowest BCUT2D eigenvalue weighted by atomic mass is 9.83. The van der Waals surface area contributed by atoms with E-state index in [1.165, 1.54) is 24.3 Å².